The number of unbranched alkanes of at least 4 members (excludes halogenated alkanes) is 1. The molecule has 0 saturated heterocycles. The number of aliphatic hydroxyl groups is 2. The van der Waals surface area contributed by atoms with E-state index in [1.807, 2.05) is 0 Å². The van der Waals surface area contributed by atoms with E-state index in [1.165, 1.54) is 0 Å². The lowest BCUT2D eigenvalue weighted by Crippen LogP contribution is -2.48. The van der Waals surface area contributed by atoms with Crippen molar-refractivity contribution in [3.8, 4) is 0 Å². The summed E-state index contributed by atoms with van der Waals surface area (Å²) in [6.45, 7) is 16.3. The average molecular weight is 545 g/mol. The fraction of sp³-hybridized carbons (Fsp3) is 0.786. The van der Waals surface area contributed by atoms with Gasteiger partial charge >= 0.3 is 0 Å². The largest absolute Gasteiger partial charge is 0.385 e. The van der Waals surface area contributed by atoms with E-state index in [0.717, 1.165) is 38.8 Å². The van der Waals surface area contributed by atoms with Crippen molar-refractivity contribution >= 4 is 11.8 Å². The quantitative estimate of drug-likeness (QED) is 0.0861. The van der Waals surface area contributed by atoms with Crippen LogP contribution in [0.4, 0.5) is 0 Å². The highest BCUT2D eigenvalue weighted by molar-refractivity contribution is 5.92. The third kappa shape index (κ3) is 20.2. The topological polar surface area (TPSA) is 117 Å². The number of quaternary nitrogens is 2. The Morgan fingerprint density at radius 2 is 1.05 bits per heavy atom. The SMILES string of the molecule is C=C(C)C(=O)NCCC[N+](C)(C)CC(O)COCCCCOCC(O)C[N+](C)(C)CCCNC(=O)C(=C)C. The van der Waals surface area contributed by atoms with Crippen molar-refractivity contribution in [1.82, 2.24) is 10.6 Å². The summed E-state index contributed by atoms with van der Waals surface area (Å²) in [6.07, 6.45) is 2.18. The van der Waals surface area contributed by atoms with Crippen molar-refractivity contribution in [2.24, 2.45) is 0 Å². The van der Waals surface area contributed by atoms with Crippen LogP contribution in [0, 0.1) is 0 Å². The van der Waals surface area contributed by atoms with E-state index in [4.69, 9.17) is 9.47 Å². The molecule has 0 radical (unpaired) electrons. The van der Waals surface area contributed by atoms with Gasteiger partial charge in [-0.15, -0.1) is 0 Å². The molecule has 2 atom stereocenters. The first-order valence-corrected chi connectivity index (χ1v) is 13.7. The van der Waals surface area contributed by atoms with Crippen LogP contribution < -0.4 is 10.6 Å². The number of amides is 2. The summed E-state index contributed by atoms with van der Waals surface area (Å²) in [5.41, 5.74) is 1.01. The van der Waals surface area contributed by atoms with E-state index < -0.39 is 12.2 Å². The predicted molar refractivity (Wildman–Crippen MR) is 151 cm³/mol. The maximum absolute atomic E-state index is 11.5. The Hall–Kier alpha value is -1.82. The number of hydrogen-bond acceptors (Lipinski definition) is 6. The zero-order chi connectivity index (χ0) is 29.2. The molecule has 0 rings (SSSR count). The summed E-state index contributed by atoms with van der Waals surface area (Å²) in [5.74, 6) is -0.244. The molecule has 0 aromatic heterocycles. The van der Waals surface area contributed by atoms with E-state index in [2.05, 4.69) is 52.0 Å². The molecule has 222 valence electrons. The Labute approximate surface area is 230 Å². The van der Waals surface area contributed by atoms with Crippen LogP contribution in [-0.4, -0.2) is 137 Å². The van der Waals surface area contributed by atoms with Gasteiger partial charge in [0.05, 0.1) is 54.5 Å². The number of likely N-dealkylation sites (N-methyl/N-ethyl adjacent to an activating group) is 2. The van der Waals surface area contributed by atoms with Crippen LogP contribution >= 0.6 is 0 Å². The third-order valence-electron chi connectivity index (χ3n) is 6.08. The molecule has 0 fully saturated rings. The second kappa shape index (κ2) is 19.3. The normalized spacial score (nSPS) is 13.6. The number of carbonyl (C=O) groups is 2. The van der Waals surface area contributed by atoms with Crippen molar-refractivity contribution in [1.29, 1.82) is 0 Å². The van der Waals surface area contributed by atoms with E-state index in [9.17, 15) is 19.8 Å². The monoisotopic (exact) mass is 544 g/mol. The van der Waals surface area contributed by atoms with E-state index >= 15 is 0 Å². The fourth-order valence-corrected chi connectivity index (χ4v) is 4.00. The van der Waals surface area contributed by atoms with Crippen LogP contribution in [0.25, 0.3) is 0 Å². The molecule has 10 heteroatoms. The molecule has 4 N–H and O–H groups in total. The van der Waals surface area contributed by atoms with Gasteiger partial charge in [0.2, 0.25) is 11.8 Å². The first kappa shape index (κ1) is 36.2. The predicted octanol–water partition coefficient (Wildman–Crippen LogP) is 0.839. The number of ether oxygens (including phenoxy) is 2. The Kier molecular flexibility index (Phi) is 18.3. The van der Waals surface area contributed by atoms with E-state index in [0.29, 0.717) is 59.5 Å². The third-order valence-corrected chi connectivity index (χ3v) is 6.08. The highest BCUT2D eigenvalue weighted by atomic mass is 16.5. The summed E-state index contributed by atoms with van der Waals surface area (Å²) in [4.78, 5) is 23.0. The maximum atomic E-state index is 11.5. The van der Waals surface area contributed by atoms with Crippen LogP contribution in [0.1, 0.15) is 39.5 Å². The molecular formula is C28H56N4O6+2. The molecule has 0 saturated carbocycles. The number of aliphatic hydroxyl groups excluding tert-OH is 2. The van der Waals surface area contributed by atoms with Gasteiger partial charge in [-0.05, 0) is 26.7 Å². The van der Waals surface area contributed by atoms with Crippen LogP contribution in [0.2, 0.25) is 0 Å². The highest BCUT2D eigenvalue weighted by Gasteiger charge is 2.21. The number of hydrogen-bond donors (Lipinski definition) is 4. The summed E-state index contributed by atoms with van der Waals surface area (Å²) in [5, 5.41) is 26.3. The minimum Gasteiger partial charge on any atom is -0.385 e. The van der Waals surface area contributed by atoms with Crippen molar-refractivity contribution in [3.63, 3.8) is 0 Å². The zero-order valence-corrected chi connectivity index (χ0v) is 24.9. The fourth-order valence-electron chi connectivity index (χ4n) is 4.00. The first-order chi connectivity index (χ1) is 17.6. The van der Waals surface area contributed by atoms with E-state index in [1.54, 1.807) is 13.8 Å². The van der Waals surface area contributed by atoms with Crippen molar-refractivity contribution in [2.75, 3.05) is 93.9 Å². The van der Waals surface area contributed by atoms with Gasteiger partial charge in [-0.25, -0.2) is 0 Å². The van der Waals surface area contributed by atoms with Gasteiger partial charge in [0.15, 0.2) is 0 Å². The lowest BCUT2D eigenvalue weighted by atomic mass is 10.2. The minimum absolute atomic E-state index is 0.122. The van der Waals surface area contributed by atoms with Crippen LogP contribution in [0.5, 0.6) is 0 Å². The summed E-state index contributed by atoms with van der Waals surface area (Å²) in [6, 6.07) is 0. The Morgan fingerprint density at radius 1 is 0.711 bits per heavy atom. The van der Waals surface area contributed by atoms with Crippen LogP contribution in [0.3, 0.4) is 0 Å². The summed E-state index contributed by atoms with van der Waals surface area (Å²) < 4.78 is 12.5. The zero-order valence-electron chi connectivity index (χ0n) is 24.9. The van der Waals surface area contributed by atoms with Crippen LogP contribution in [0.15, 0.2) is 24.3 Å². The molecule has 0 aliphatic heterocycles. The van der Waals surface area contributed by atoms with Gasteiger partial charge in [-0.1, -0.05) is 13.2 Å². The van der Waals surface area contributed by atoms with Gasteiger partial charge < -0.3 is 39.3 Å². The average Bonchev–Trinajstić information content (AvgIpc) is 2.80. The molecule has 2 amide bonds. The molecule has 0 aromatic carbocycles. The van der Waals surface area contributed by atoms with Gasteiger partial charge in [0.25, 0.3) is 0 Å². The number of rotatable bonds is 23. The second-order valence-electron chi connectivity index (χ2n) is 11.6. The smallest absolute Gasteiger partial charge is 0.246 e. The Morgan fingerprint density at radius 3 is 1.37 bits per heavy atom. The minimum atomic E-state index is -0.551. The Bertz CT molecular complexity index is 666. The lowest BCUT2D eigenvalue weighted by Gasteiger charge is -2.32. The highest BCUT2D eigenvalue weighted by Crippen LogP contribution is 2.05. The first-order valence-electron chi connectivity index (χ1n) is 13.7. The molecule has 38 heavy (non-hydrogen) atoms. The van der Waals surface area contributed by atoms with E-state index in [-0.39, 0.29) is 25.0 Å². The van der Waals surface area contributed by atoms with Gasteiger partial charge in [0.1, 0.15) is 25.3 Å². The molecule has 10 nitrogen and oxygen atoms in total. The van der Waals surface area contributed by atoms with Gasteiger partial charge in [-0.2, -0.15) is 0 Å². The standard InChI is InChI=1S/C28H54N4O6/c1-23(2)27(35)29-13-11-15-31(5,6)19-25(33)21-37-17-9-10-18-38-22-26(34)20-32(7,8)16-12-14-30-28(36)24(3)4/h25-26,33-34H,1,3,9-22H2,2,4-8H3/p+2. The Balaban J connectivity index is 3.82. The molecule has 0 aromatic rings. The van der Waals surface area contributed by atoms with Crippen LogP contribution in [-0.2, 0) is 19.1 Å². The van der Waals surface area contributed by atoms with Crippen molar-refractivity contribution < 1.29 is 38.2 Å². The van der Waals surface area contributed by atoms with Crippen molar-refractivity contribution in [3.05, 3.63) is 24.3 Å². The maximum Gasteiger partial charge on any atom is 0.246 e. The van der Waals surface area contributed by atoms with Gasteiger partial charge in [-0.3, -0.25) is 9.59 Å². The molecule has 0 aliphatic carbocycles. The molecule has 0 aliphatic rings. The second-order valence-corrected chi connectivity index (χ2v) is 11.6. The molecule has 0 heterocycles. The number of nitrogens with zero attached hydrogens (tertiary/aromatic N) is 2. The summed E-state index contributed by atoms with van der Waals surface area (Å²) in [7, 11) is 8.22. The summed E-state index contributed by atoms with van der Waals surface area (Å²) >= 11 is 0. The number of nitrogens with one attached hydrogen (secondary N) is 2. The number of carbonyl (C=O) groups excluding carboxylic acids is 2. The molecule has 2 unspecified atom stereocenters. The lowest BCUT2D eigenvalue weighted by molar-refractivity contribution is -0.893. The molecular weight excluding hydrogens is 488 g/mol. The van der Waals surface area contributed by atoms with Crippen molar-refractivity contribution in [2.45, 2.75) is 51.7 Å². The molecule has 0 spiro atoms. The molecule has 0 bridgehead atoms. The van der Waals surface area contributed by atoms with Gasteiger partial charge in [0, 0.05) is 50.3 Å².